The minimum absolute atomic E-state index is 0.0552. The molecule has 2 aromatic rings. The van der Waals surface area contributed by atoms with Crippen LogP contribution in [0.3, 0.4) is 0 Å². The first kappa shape index (κ1) is 15.6. The zero-order valence-electron chi connectivity index (χ0n) is 13.0. The lowest BCUT2D eigenvalue weighted by atomic mass is 9.96. The van der Waals surface area contributed by atoms with Crippen LogP contribution in [0.5, 0.6) is 0 Å². The third kappa shape index (κ3) is 4.11. The fraction of sp³-hybridized carbons (Fsp3) is 0.500. The van der Waals surface area contributed by atoms with E-state index in [1.54, 1.807) is 12.1 Å². The number of nitrogens with zero attached hydrogens (tertiary/aromatic N) is 2. The lowest BCUT2D eigenvalue weighted by molar-refractivity contribution is 0.331. The number of rotatable bonds is 5. The van der Waals surface area contributed by atoms with Crippen molar-refractivity contribution in [3.8, 4) is 0 Å². The maximum atomic E-state index is 13.5. The fourth-order valence-electron chi connectivity index (χ4n) is 1.93. The van der Waals surface area contributed by atoms with Gasteiger partial charge >= 0.3 is 0 Å². The summed E-state index contributed by atoms with van der Waals surface area (Å²) in [6.45, 7) is 8.73. The second-order valence-electron chi connectivity index (χ2n) is 6.22. The van der Waals surface area contributed by atoms with Crippen molar-refractivity contribution in [2.75, 3.05) is 6.54 Å². The van der Waals surface area contributed by atoms with Crippen LogP contribution in [0.1, 0.15) is 51.0 Å². The highest BCUT2D eigenvalue weighted by molar-refractivity contribution is 5.17. The van der Waals surface area contributed by atoms with Crippen molar-refractivity contribution in [3.05, 3.63) is 47.4 Å². The second-order valence-corrected chi connectivity index (χ2v) is 6.22. The van der Waals surface area contributed by atoms with Gasteiger partial charge in [0, 0.05) is 12.0 Å². The summed E-state index contributed by atoms with van der Waals surface area (Å²) in [7, 11) is 0. The van der Waals surface area contributed by atoms with Gasteiger partial charge in [0.1, 0.15) is 5.82 Å². The smallest absolute Gasteiger partial charge is 0.243 e. The average molecular weight is 291 g/mol. The van der Waals surface area contributed by atoms with E-state index in [9.17, 15) is 4.39 Å². The van der Waals surface area contributed by atoms with Crippen molar-refractivity contribution in [1.82, 2.24) is 15.5 Å². The zero-order chi connectivity index (χ0) is 15.5. The van der Waals surface area contributed by atoms with Gasteiger partial charge in [0.25, 0.3) is 0 Å². The Hall–Kier alpha value is -1.75. The summed E-state index contributed by atoms with van der Waals surface area (Å²) in [4.78, 5) is 4.41. The van der Waals surface area contributed by atoms with E-state index in [2.05, 4.69) is 15.5 Å². The highest BCUT2D eigenvalue weighted by Gasteiger charge is 2.22. The predicted octanol–water partition coefficient (Wildman–Crippen LogP) is 3.40. The molecule has 0 aliphatic heterocycles. The molecule has 0 saturated heterocycles. The van der Waals surface area contributed by atoms with Gasteiger partial charge in [-0.1, -0.05) is 44.1 Å². The molecular weight excluding hydrogens is 269 g/mol. The highest BCUT2D eigenvalue weighted by Crippen LogP contribution is 2.20. The lowest BCUT2D eigenvalue weighted by Crippen LogP contribution is -2.22. The summed E-state index contributed by atoms with van der Waals surface area (Å²) in [5.74, 6) is 1.09. The van der Waals surface area contributed by atoms with E-state index < -0.39 is 0 Å². The van der Waals surface area contributed by atoms with E-state index in [0.717, 1.165) is 0 Å². The molecule has 0 spiro atoms. The van der Waals surface area contributed by atoms with Crippen molar-refractivity contribution in [3.63, 3.8) is 0 Å². The molecule has 2 rings (SSSR count). The summed E-state index contributed by atoms with van der Waals surface area (Å²) in [5, 5.41) is 7.28. The van der Waals surface area contributed by atoms with Gasteiger partial charge in [-0.2, -0.15) is 4.98 Å². The largest absolute Gasteiger partial charge is 0.338 e. The van der Waals surface area contributed by atoms with E-state index >= 15 is 0 Å². The Kier molecular flexibility index (Phi) is 4.73. The quantitative estimate of drug-likeness (QED) is 0.917. The Balaban J connectivity index is 1.89. The maximum absolute atomic E-state index is 13.5. The third-order valence-electron chi connectivity index (χ3n) is 3.29. The molecule has 1 N–H and O–H groups in total. The summed E-state index contributed by atoms with van der Waals surface area (Å²) in [6.07, 6.45) is 0.622. The molecule has 1 atom stereocenters. The molecule has 0 fully saturated rings. The Labute approximate surface area is 124 Å². The van der Waals surface area contributed by atoms with Crippen LogP contribution < -0.4 is 5.32 Å². The van der Waals surface area contributed by atoms with Gasteiger partial charge in [-0.05, 0) is 25.0 Å². The van der Waals surface area contributed by atoms with Crippen LogP contribution in [-0.4, -0.2) is 16.7 Å². The topological polar surface area (TPSA) is 51.0 Å². The monoisotopic (exact) mass is 291 g/mol. The molecular formula is C16H22FN3O. The number of aromatic nitrogens is 2. The van der Waals surface area contributed by atoms with Crippen LogP contribution in [0.15, 0.2) is 28.8 Å². The molecule has 0 saturated carbocycles. The van der Waals surface area contributed by atoms with Crippen LogP contribution in [0.2, 0.25) is 0 Å². The van der Waals surface area contributed by atoms with Gasteiger partial charge in [0.2, 0.25) is 5.89 Å². The van der Waals surface area contributed by atoms with Gasteiger partial charge in [0.15, 0.2) is 5.82 Å². The van der Waals surface area contributed by atoms with Crippen molar-refractivity contribution < 1.29 is 8.91 Å². The summed E-state index contributed by atoms with van der Waals surface area (Å²) < 4.78 is 18.8. The number of nitrogens with one attached hydrogen (secondary N) is 1. The van der Waals surface area contributed by atoms with Crippen LogP contribution in [0.4, 0.5) is 4.39 Å². The molecule has 21 heavy (non-hydrogen) atoms. The molecule has 0 aliphatic carbocycles. The van der Waals surface area contributed by atoms with E-state index in [4.69, 9.17) is 4.52 Å². The van der Waals surface area contributed by atoms with Crippen molar-refractivity contribution in [1.29, 1.82) is 0 Å². The third-order valence-corrected chi connectivity index (χ3v) is 3.29. The zero-order valence-corrected chi connectivity index (χ0v) is 13.0. The first-order valence-corrected chi connectivity index (χ1v) is 7.19. The predicted molar refractivity (Wildman–Crippen MR) is 79.5 cm³/mol. The van der Waals surface area contributed by atoms with Gasteiger partial charge in [-0.3, -0.25) is 0 Å². The van der Waals surface area contributed by atoms with E-state index in [1.165, 1.54) is 6.07 Å². The molecule has 5 heteroatoms. The van der Waals surface area contributed by atoms with E-state index in [0.29, 0.717) is 30.2 Å². The maximum Gasteiger partial charge on any atom is 0.243 e. The SMILES string of the molecule is CC(NCCc1ccccc1F)c1nc(C(C)(C)C)no1. The molecule has 0 aliphatic rings. The molecule has 114 valence electrons. The standard InChI is InChI=1S/C16H22FN3O/c1-11(14-19-15(20-21-14)16(2,3)4)18-10-9-12-7-5-6-8-13(12)17/h5-8,11,18H,9-10H2,1-4H3. The number of hydrogen-bond acceptors (Lipinski definition) is 4. The van der Waals surface area contributed by atoms with Gasteiger partial charge in [-0.25, -0.2) is 4.39 Å². The van der Waals surface area contributed by atoms with Crippen molar-refractivity contribution in [2.24, 2.45) is 0 Å². The minimum Gasteiger partial charge on any atom is -0.338 e. The van der Waals surface area contributed by atoms with Gasteiger partial charge in [-0.15, -0.1) is 0 Å². The Bertz CT molecular complexity index is 589. The highest BCUT2D eigenvalue weighted by atomic mass is 19.1. The average Bonchev–Trinajstić information content (AvgIpc) is 2.90. The Morgan fingerprint density at radius 3 is 2.62 bits per heavy atom. The molecule has 1 unspecified atom stereocenters. The lowest BCUT2D eigenvalue weighted by Gasteiger charge is -2.12. The van der Waals surface area contributed by atoms with Crippen LogP contribution in [0, 0.1) is 5.82 Å². The van der Waals surface area contributed by atoms with Crippen molar-refractivity contribution >= 4 is 0 Å². The van der Waals surface area contributed by atoms with E-state index in [1.807, 2.05) is 33.8 Å². The Morgan fingerprint density at radius 2 is 2.00 bits per heavy atom. The summed E-state index contributed by atoms with van der Waals surface area (Å²) in [6, 6.07) is 6.76. The molecule has 1 aromatic heterocycles. The van der Waals surface area contributed by atoms with Gasteiger partial charge in [0.05, 0.1) is 6.04 Å². The first-order chi connectivity index (χ1) is 9.88. The number of hydrogen-bond donors (Lipinski definition) is 1. The van der Waals surface area contributed by atoms with Gasteiger partial charge < -0.3 is 9.84 Å². The molecule has 0 bridgehead atoms. The summed E-state index contributed by atoms with van der Waals surface area (Å²) in [5.41, 5.74) is 0.576. The van der Waals surface area contributed by atoms with Crippen LogP contribution in [-0.2, 0) is 11.8 Å². The number of benzene rings is 1. The molecule has 1 heterocycles. The summed E-state index contributed by atoms with van der Waals surface area (Å²) >= 11 is 0. The molecule has 0 radical (unpaired) electrons. The molecule has 0 amide bonds. The normalized spacial score (nSPS) is 13.4. The van der Waals surface area contributed by atoms with Crippen molar-refractivity contribution in [2.45, 2.75) is 45.6 Å². The van der Waals surface area contributed by atoms with E-state index in [-0.39, 0.29) is 17.3 Å². The second kappa shape index (κ2) is 6.35. The first-order valence-electron chi connectivity index (χ1n) is 7.19. The molecule has 4 nitrogen and oxygen atoms in total. The van der Waals surface area contributed by atoms with Crippen LogP contribution in [0.25, 0.3) is 0 Å². The number of halogens is 1. The Morgan fingerprint density at radius 1 is 1.29 bits per heavy atom. The molecule has 1 aromatic carbocycles. The van der Waals surface area contributed by atoms with Crippen LogP contribution >= 0.6 is 0 Å². The minimum atomic E-state index is -0.167. The fourth-order valence-corrected chi connectivity index (χ4v) is 1.93.